The quantitative estimate of drug-likeness (QED) is 0.308. The van der Waals surface area contributed by atoms with Crippen LogP contribution < -0.4 is 21.8 Å². The molecule has 5 N–H and O–H groups in total. The third-order valence-corrected chi connectivity index (χ3v) is 3.72. The largest absolute Gasteiger partial charge is 0.366 e. The lowest BCUT2D eigenvalue weighted by Crippen LogP contribution is -2.29. The van der Waals surface area contributed by atoms with E-state index in [0.29, 0.717) is 23.5 Å². The van der Waals surface area contributed by atoms with E-state index in [1.54, 1.807) is 43.3 Å². The first-order chi connectivity index (χ1) is 13.8. The Morgan fingerprint density at radius 2 is 1.55 bits per heavy atom. The van der Waals surface area contributed by atoms with E-state index < -0.39 is 17.6 Å². The van der Waals surface area contributed by atoms with Crippen molar-refractivity contribution < 1.29 is 19.2 Å². The second-order valence-corrected chi connectivity index (χ2v) is 6.01. The fourth-order valence-corrected chi connectivity index (χ4v) is 2.27. The van der Waals surface area contributed by atoms with E-state index in [0.717, 1.165) is 0 Å². The van der Waals surface area contributed by atoms with E-state index >= 15 is 0 Å². The summed E-state index contributed by atoms with van der Waals surface area (Å²) in [5.74, 6) is -2.06. The highest BCUT2D eigenvalue weighted by Crippen LogP contribution is 2.16. The molecule has 0 heterocycles. The summed E-state index contributed by atoms with van der Waals surface area (Å²) in [4.78, 5) is 47.1. The average molecular weight is 395 g/mol. The lowest BCUT2D eigenvalue weighted by Gasteiger charge is -2.09. The Hall–Kier alpha value is -4.01. The SMILES string of the molecule is CCC(=O)Nc1cccc(NC(=O)/C(=N\Nc2cccc(C(N)=O)c2)C(C)=O)c1. The molecule has 3 amide bonds. The minimum absolute atomic E-state index is 0.165. The Bertz CT molecular complexity index is 984. The average Bonchev–Trinajstić information content (AvgIpc) is 2.68. The van der Waals surface area contributed by atoms with Crippen molar-refractivity contribution >= 4 is 46.3 Å². The highest BCUT2D eigenvalue weighted by Gasteiger charge is 2.17. The van der Waals surface area contributed by atoms with Crippen LogP contribution in [0.15, 0.2) is 53.6 Å². The van der Waals surface area contributed by atoms with Gasteiger partial charge in [0.25, 0.3) is 5.91 Å². The van der Waals surface area contributed by atoms with E-state index in [-0.39, 0.29) is 17.2 Å². The fraction of sp³-hybridized carbons (Fsp3) is 0.150. The molecule has 0 saturated heterocycles. The van der Waals surface area contributed by atoms with Crippen molar-refractivity contribution in [3.63, 3.8) is 0 Å². The number of hydrazone groups is 1. The summed E-state index contributed by atoms with van der Waals surface area (Å²) in [6, 6.07) is 12.7. The van der Waals surface area contributed by atoms with Crippen molar-refractivity contribution in [1.82, 2.24) is 0 Å². The van der Waals surface area contributed by atoms with E-state index in [2.05, 4.69) is 21.2 Å². The van der Waals surface area contributed by atoms with Crippen molar-refractivity contribution in [1.29, 1.82) is 0 Å². The van der Waals surface area contributed by atoms with Gasteiger partial charge in [-0.2, -0.15) is 5.10 Å². The van der Waals surface area contributed by atoms with Gasteiger partial charge in [0.15, 0.2) is 11.5 Å². The molecule has 2 aromatic carbocycles. The molecule has 0 fully saturated rings. The maximum absolute atomic E-state index is 12.5. The number of ketones is 1. The van der Waals surface area contributed by atoms with Crippen LogP contribution in [0.2, 0.25) is 0 Å². The number of nitrogens with one attached hydrogen (secondary N) is 3. The van der Waals surface area contributed by atoms with Crippen molar-refractivity contribution in [3.05, 3.63) is 54.1 Å². The van der Waals surface area contributed by atoms with Gasteiger partial charge >= 0.3 is 0 Å². The minimum Gasteiger partial charge on any atom is -0.366 e. The molecule has 0 aliphatic carbocycles. The molecule has 29 heavy (non-hydrogen) atoms. The molecule has 0 aromatic heterocycles. The summed E-state index contributed by atoms with van der Waals surface area (Å²) >= 11 is 0. The molecule has 2 aromatic rings. The molecule has 0 spiro atoms. The number of nitrogens with two attached hydrogens (primary N) is 1. The Balaban J connectivity index is 2.15. The first-order valence-corrected chi connectivity index (χ1v) is 8.76. The Labute approximate surface area is 167 Å². The van der Waals surface area contributed by atoms with Crippen LogP contribution in [0, 0.1) is 0 Å². The van der Waals surface area contributed by atoms with E-state index in [9.17, 15) is 19.2 Å². The van der Waals surface area contributed by atoms with Crippen LogP contribution in [-0.4, -0.2) is 29.2 Å². The molecule has 0 unspecified atom stereocenters. The molecule has 2 rings (SSSR count). The van der Waals surface area contributed by atoms with Crippen molar-refractivity contribution in [3.8, 4) is 0 Å². The number of benzene rings is 2. The van der Waals surface area contributed by atoms with Gasteiger partial charge in [-0.05, 0) is 36.4 Å². The number of hydrogen-bond acceptors (Lipinski definition) is 6. The van der Waals surface area contributed by atoms with Gasteiger partial charge in [0.1, 0.15) is 0 Å². The van der Waals surface area contributed by atoms with Gasteiger partial charge in [-0.25, -0.2) is 0 Å². The van der Waals surface area contributed by atoms with Gasteiger partial charge in [0, 0.05) is 30.3 Å². The van der Waals surface area contributed by atoms with E-state index in [1.165, 1.54) is 19.1 Å². The third-order valence-electron chi connectivity index (χ3n) is 3.72. The summed E-state index contributed by atoms with van der Waals surface area (Å²) in [6.45, 7) is 2.93. The van der Waals surface area contributed by atoms with Crippen LogP contribution in [0.1, 0.15) is 30.6 Å². The maximum Gasteiger partial charge on any atom is 0.279 e. The molecule has 0 bridgehead atoms. The number of carbonyl (C=O) groups excluding carboxylic acids is 4. The topological polar surface area (TPSA) is 143 Å². The zero-order valence-corrected chi connectivity index (χ0v) is 16.0. The van der Waals surface area contributed by atoms with Crippen LogP contribution in [-0.2, 0) is 14.4 Å². The summed E-state index contributed by atoms with van der Waals surface area (Å²) < 4.78 is 0. The van der Waals surface area contributed by atoms with Gasteiger partial charge in [-0.3, -0.25) is 24.6 Å². The highest BCUT2D eigenvalue weighted by molar-refractivity contribution is 6.67. The Kier molecular flexibility index (Phi) is 7.19. The van der Waals surface area contributed by atoms with Gasteiger partial charge in [0.2, 0.25) is 11.8 Å². The lowest BCUT2D eigenvalue weighted by molar-refractivity contribution is -0.116. The monoisotopic (exact) mass is 395 g/mol. The first kappa shape index (κ1) is 21.3. The van der Waals surface area contributed by atoms with Gasteiger partial charge in [0.05, 0.1) is 5.69 Å². The van der Waals surface area contributed by atoms with Gasteiger partial charge in [-0.1, -0.05) is 19.1 Å². The third kappa shape index (κ3) is 6.28. The second-order valence-electron chi connectivity index (χ2n) is 6.01. The van der Waals surface area contributed by atoms with Crippen molar-refractivity contribution in [2.24, 2.45) is 10.8 Å². The Morgan fingerprint density at radius 3 is 2.17 bits per heavy atom. The zero-order chi connectivity index (χ0) is 21.4. The molecule has 0 atom stereocenters. The number of hydrogen-bond donors (Lipinski definition) is 4. The fourth-order valence-electron chi connectivity index (χ4n) is 2.27. The molecule has 0 aliphatic heterocycles. The molecule has 0 radical (unpaired) electrons. The molecule has 9 nitrogen and oxygen atoms in total. The lowest BCUT2D eigenvalue weighted by atomic mass is 10.2. The summed E-state index contributed by atoms with van der Waals surface area (Å²) in [6.07, 6.45) is 0.320. The molecule has 150 valence electrons. The van der Waals surface area contributed by atoms with Crippen molar-refractivity contribution in [2.75, 3.05) is 16.1 Å². The molecular formula is C20H21N5O4. The number of primary amides is 1. The van der Waals surface area contributed by atoms with Crippen molar-refractivity contribution in [2.45, 2.75) is 20.3 Å². The normalized spacial score (nSPS) is 10.8. The Morgan fingerprint density at radius 1 is 0.931 bits per heavy atom. The molecular weight excluding hydrogens is 374 g/mol. The second kappa shape index (κ2) is 9.79. The number of nitrogens with zero attached hydrogens (tertiary/aromatic N) is 1. The summed E-state index contributed by atoms with van der Waals surface area (Å²) in [5, 5.41) is 9.10. The predicted molar refractivity (Wildman–Crippen MR) is 111 cm³/mol. The van der Waals surface area contributed by atoms with Gasteiger partial charge in [-0.15, -0.1) is 0 Å². The van der Waals surface area contributed by atoms with E-state index in [1.807, 2.05) is 0 Å². The van der Waals surface area contributed by atoms with Crippen LogP contribution in [0.5, 0.6) is 0 Å². The number of anilines is 3. The number of amides is 3. The standard InChI is InChI=1S/C20H21N5O4/c1-3-17(27)22-14-7-5-8-15(11-14)23-20(29)18(12(2)26)25-24-16-9-4-6-13(10-16)19(21)28/h4-11,24H,3H2,1-2H3,(H2,21,28)(H,22,27)(H,23,29)/b25-18-. The van der Waals surface area contributed by atoms with E-state index in [4.69, 9.17) is 5.73 Å². The molecule has 0 aliphatic rings. The van der Waals surface area contributed by atoms with Crippen LogP contribution in [0.25, 0.3) is 0 Å². The van der Waals surface area contributed by atoms with Crippen LogP contribution in [0.4, 0.5) is 17.1 Å². The zero-order valence-electron chi connectivity index (χ0n) is 16.0. The minimum atomic E-state index is -0.727. The number of rotatable bonds is 8. The van der Waals surface area contributed by atoms with Crippen LogP contribution in [0.3, 0.4) is 0 Å². The smallest absolute Gasteiger partial charge is 0.279 e. The van der Waals surface area contributed by atoms with Gasteiger partial charge < -0.3 is 16.4 Å². The number of Topliss-reactive ketones (excluding diaryl/α,β-unsaturated/α-hetero) is 1. The maximum atomic E-state index is 12.5. The molecule has 0 saturated carbocycles. The van der Waals surface area contributed by atoms with Crippen LogP contribution >= 0.6 is 0 Å². The molecule has 9 heteroatoms. The predicted octanol–water partition coefficient (Wildman–Crippen LogP) is 2.13. The summed E-state index contributed by atoms with van der Waals surface area (Å²) in [5.41, 5.74) is 8.97. The first-order valence-electron chi connectivity index (χ1n) is 8.76. The highest BCUT2D eigenvalue weighted by atomic mass is 16.2. The summed E-state index contributed by atoms with van der Waals surface area (Å²) in [7, 11) is 0. The number of carbonyl (C=O) groups is 4.